The number of hydrogen-bond donors (Lipinski definition) is 2. The van der Waals surface area contributed by atoms with E-state index in [2.05, 4.69) is 13.8 Å². The summed E-state index contributed by atoms with van der Waals surface area (Å²) < 4.78 is 0. The number of aliphatic carboxylic acids is 1. The number of carbonyl (C=O) groups excluding carboxylic acids is 1. The Kier molecular flexibility index (Phi) is 3.50. The Bertz CT molecular complexity index is 273. The molecule has 4 heteroatoms. The standard InChI is InChI=1S/C11H19NO3/c1-11(2)4-3-9(13)7(6-11)5-8(12)10(14)15/h7-8H,3-6,12H2,1-2H3,(H,14,15). The van der Waals surface area contributed by atoms with Crippen LogP contribution in [0.25, 0.3) is 0 Å². The highest BCUT2D eigenvalue weighted by Crippen LogP contribution is 2.38. The fourth-order valence-corrected chi connectivity index (χ4v) is 2.17. The smallest absolute Gasteiger partial charge is 0.320 e. The molecule has 1 fully saturated rings. The number of nitrogens with two attached hydrogens (primary N) is 1. The third-order valence-electron chi connectivity index (χ3n) is 3.16. The Morgan fingerprint density at radius 3 is 2.80 bits per heavy atom. The number of carbonyl (C=O) groups is 2. The number of rotatable bonds is 3. The summed E-state index contributed by atoms with van der Waals surface area (Å²) in [7, 11) is 0. The molecule has 1 aliphatic rings. The molecule has 0 aliphatic heterocycles. The minimum absolute atomic E-state index is 0.136. The molecule has 0 heterocycles. The Morgan fingerprint density at radius 2 is 2.27 bits per heavy atom. The minimum atomic E-state index is -1.02. The first-order chi connectivity index (χ1) is 6.82. The van der Waals surface area contributed by atoms with Crippen molar-refractivity contribution in [1.29, 1.82) is 0 Å². The molecule has 1 saturated carbocycles. The van der Waals surface area contributed by atoms with Gasteiger partial charge in [0.2, 0.25) is 0 Å². The van der Waals surface area contributed by atoms with Gasteiger partial charge in [-0.3, -0.25) is 9.59 Å². The maximum atomic E-state index is 11.6. The van der Waals surface area contributed by atoms with Crippen molar-refractivity contribution < 1.29 is 14.7 Å². The Hall–Kier alpha value is -0.900. The summed E-state index contributed by atoms with van der Waals surface area (Å²) in [5.74, 6) is -1.02. The molecule has 2 atom stereocenters. The highest BCUT2D eigenvalue weighted by molar-refractivity contribution is 5.83. The lowest BCUT2D eigenvalue weighted by Gasteiger charge is -2.34. The van der Waals surface area contributed by atoms with Crippen LogP contribution in [0.15, 0.2) is 0 Å². The van der Waals surface area contributed by atoms with Gasteiger partial charge in [0.25, 0.3) is 0 Å². The van der Waals surface area contributed by atoms with E-state index in [1.807, 2.05) is 0 Å². The SMILES string of the molecule is CC1(C)CCC(=O)C(CC(N)C(=O)O)C1. The number of ketones is 1. The predicted molar refractivity (Wildman–Crippen MR) is 56.4 cm³/mol. The van der Waals surface area contributed by atoms with Crippen LogP contribution >= 0.6 is 0 Å². The molecule has 3 N–H and O–H groups in total. The number of Topliss-reactive ketones (excluding diaryl/α,β-unsaturated/α-hetero) is 1. The van der Waals surface area contributed by atoms with E-state index in [1.54, 1.807) is 0 Å². The van der Waals surface area contributed by atoms with Gasteiger partial charge in [0.15, 0.2) is 0 Å². The highest BCUT2D eigenvalue weighted by atomic mass is 16.4. The zero-order chi connectivity index (χ0) is 11.6. The zero-order valence-corrected chi connectivity index (χ0v) is 9.32. The fraction of sp³-hybridized carbons (Fsp3) is 0.818. The summed E-state index contributed by atoms with van der Waals surface area (Å²) >= 11 is 0. The average Bonchev–Trinajstić information content (AvgIpc) is 2.11. The number of carboxylic acids is 1. The van der Waals surface area contributed by atoms with Crippen molar-refractivity contribution in [3.63, 3.8) is 0 Å². The van der Waals surface area contributed by atoms with E-state index >= 15 is 0 Å². The van der Waals surface area contributed by atoms with Gasteiger partial charge >= 0.3 is 5.97 Å². The van der Waals surface area contributed by atoms with Crippen LogP contribution in [0.2, 0.25) is 0 Å². The molecule has 4 nitrogen and oxygen atoms in total. The molecular weight excluding hydrogens is 194 g/mol. The maximum Gasteiger partial charge on any atom is 0.320 e. The first kappa shape index (κ1) is 12.2. The predicted octanol–water partition coefficient (Wildman–Crippen LogP) is 1.18. The molecule has 0 aromatic rings. The minimum Gasteiger partial charge on any atom is -0.480 e. The average molecular weight is 213 g/mol. The van der Waals surface area contributed by atoms with Crippen LogP contribution in [0, 0.1) is 11.3 Å². The van der Waals surface area contributed by atoms with E-state index < -0.39 is 12.0 Å². The van der Waals surface area contributed by atoms with Gasteiger partial charge in [-0.15, -0.1) is 0 Å². The summed E-state index contributed by atoms with van der Waals surface area (Å²) in [5.41, 5.74) is 5.58. The van der Waals surface area contributed by atoms with Gasteiger partial charge in [-0.1, -0.05) is 13.8 Å². The summed E-state index contributed by atoms with van der Waals surface area (Å²) in [5, 5.41) is 8.69. The summed E-state index contributed by atoms with van der Waals surface area (Å²) in [4.78, 5) is 22.2. The Balaban J connectivity index is 2.59. The highest BCUT2D eigenvalue weighted by Gasteiger charge is 2.35. The summed E-state index contributed by atoms with van der Waals surface area (Å²) in [6.07, 6.45) is 2.49. The van der Waals surface area contributed by atoms with Crippen LogP contribution in [-0.4, -0.2) is 22.9 Å². The summed E-state index contributed by atoms with van der Waals surface area (Å²) in [6, 6.07) is -0.909. The van der Waals surface area contributed by atoms with Crippen molar-refractivity contribution in [2.24, 2.45) is 17.1 Å². The van der Waals surface area contributed by atoms with Crippen LogP contribution in [0.1, 0.15) is 39.5 Å². The van der Waals surface area contributed by atoms with E-state index in [0.29, 0.717) is 6.42 Å². The van der Waals surface area contributed by atoms with E-state index in [4.69, 9.17) is 10.8 Å². The topological polar surface area (TPSA) is 80.4 Å². The van der Waals surface area contributed by atoms with E-state index in [-0.39, 0.29) is 23.5 Å². The lowest BCUT2D eigenvalue weighted by Crippen LogP contribution is -2.38. The molecule has 2 unspecified atom stereocenters. The molecule has 0 spiro atoms. The van der Waals surface area contributed by atoms with E-state index in [9.17, 15) is 9.59 Å². The van der Waals surface area contributed by atoms with E-state index in [0.717, 1.165) is 12.8 Å². The maximum absolute atomic E-state index is 11.6. The third kappa shape index (κ3) is 3.30. The van der Waals surface area contributed by atoms with Gasteiger partial charge in [0.05, 0.1) is 0 Å². The largest absolute Gasteiger partial charge is 0.480 e. The Morgan fingerprint density at radius 1 is 1.67 bits per heavy atom. The van der Waals surface area contributed by atoms with Crippen molar-refractivity contribution in [1.82, 2.24) is 0 Å². The monoisotopic (exact) mass is 213 g/mol. The van der Waals surface area contributed by atoms with Gasteiger partial charge in [-0.2, -0.15) is 0 Å². The van der Waals surface area contributed by atoms with Crippen molar-refractivity contribution in [2.75, 3.05) is 0 Å². The lowest BCUT2D eigenvalue weighted by molar-refractivity contribution is -0.139. The van der Waals surface area contributed by atoms with Crippen LogP contribution in [0.4, 0.5) is 0 Å². The van der Waals surface area contributed by atoms with Crippen molar-refractivity contribution in [2.45, 2.75) is 45.6 Å². The molecule has 1 aliphatic carbocycles. The molecule has 0 saturated heterocycles. The quantitative estimate of drug-likeness (QED) is 0.737. The Labute approximate surface area is 89.8 Å². The summed E-state index contributed by atoms with van der Waals surface area (Å²) in [6.45, 7) is 4.22. The van der Waals surface area contributed by atoms with Crippen molar-refractivity contribution in [3.05, 3.63) is 0 Å². The molecule has 1 rings (SSSR count). The lowest BCUT2D eigenvalue weighted by atomic mass is 9.70. The first-order valence-electron chi connectivity index (χ1n) is 5.33. The molecule has 15 heavy (non-hydrogen) atoms. The van der Waals surface area contributed by atoms with Gasteiger partial charge in [-0.05, 0) is 24.7 Å². The second-order valence-corrected chi connectivity index (χ2v) is 5.21. The normalized spacial score (nSPS) is 27.4. The fourth-order valence-electron chi connectivity index (χ4n) is 2.17. The second-order valence-electron chi connectivity index (χ2n) is 5.21. The van der Waals surface area contributed by atoms with Crippen LogP contribution in [-0.2, 0) is 9.59 Å². The molecule has 0 bridgehead atoms. The molecular formula is C11H19NO3. The van der Waals surface area contributed by atoms with Gasteiger partial charge in [0.1, 0.15) is 11.8 Å². The second kappa shape index (κ2) is 4.31. The molecule has 0 radical (unpaired) electrons. The molecule has 86 valence electrons. The third-order valence-corrected chi connectivity index (χ3v) is 3.16. The van der Waals surface area contributed by atoms with Crippen LogP contribution < -0.4 is 5.73 Å². The number of hydrogen-bond acceptors (Lipinski definition) is 3. The van der Waals surface area contributed by atoms with Crippen LogP contribution in [0.3, 0.4) is 0 Å². The zero-order valence-electron chi connectivity index (χ0n) is 9.32. The van der Waals surface area contributed by atoms with Crippen LogP contribution in [0.5, 0.6) is 0 Å². The molecule has 0 aromatic heterocycles. The molecule has 0 amide bonds. The van der Waals surface area contributed by atoms with Crippen molar-refractivity contribution in [3.8, 4) is 0 Å². The first-order valence-corrected chi connectivity index (χ1v) is 5.33. The van der Waals surface area contributed by atoms with Gasteiger partial charge in [0, 0.05) is 12.3 Å². The van der Waals surface area contributed by atoms with E-state index in [1.165, 1.54) is 0 Å². The number of carboxylic acid groups (broad SMARTS) is 1. The van der Waals surface area contributed by atoms with Crippen molar-refractivity contribution >= 4 is 11.8 Å². The van der Waals surface area contributed by atoms with Gasteiger partial charge in [-0.25, -0.2) is 0 Å². The van der Waals surface area contributed by atoms with Gasteiger partial charge < -0.3 is 10.8 Å². The molecule has 0 aromatic carbocycles.